The number of hydrogen-bond acceptors (Lipinski definition) is 6. The van der Waals surface area contributed by atoms with Gasteiger partial charge in [0.25, 0.3) is 5.91 Å². The lowest BCUT2D eigenvalue weighted by atomic mass is 10.1. The van der Waals surface area contributed by atoms with Gasteiger partial charge in [-0.25, -0.2) is 4.79 Å². The number of thioether (sulfide) groups is 1. The molecule has 2 aromatic carbocycles. The Bertz CT molecular complexity index is 1130. The molecular weight excluding hydrogens is 424 g/mol. The quantitative estimate of drug-likeness (QED) is 0.378. The second-order valence-electron chi connectivity index (χ2n) is 7.17. The Hall–Kier alpha value is -3.45. The van der Waals surface area contributed by atoms with Crippen LogP contribution in [-0.4, -0.2) is 24.0 Å². The molecule has 0 unspecified atom stereocenters. The summed E-state index contributed by atoms with van der Waals surface area (Å²) in [6.07, 6.45) is 2.72. The van der Waals surface area contributed by atoms with Gasteiger partial charge in [0.05, 0.1) is 17.1 Å². The van der Waals surface area contributed by atoms with E-state index in [1.165, 1.54) is 17.3 Å². The van der Waals surface area contributed by atoms with Gasteiger partial charge in [0.2, 0.25) is 0 Å². The summed E-state index contributed by atoms with van der Waals surface area (Å²) >= 11 is 1.41. The normalized spacial score (nSPS) is 16.8. The maximum Gasteiger partial charge on any atom is 0.338 e. The van der Waals surface area contributed by atoms with E-state index in [-0.39, 0.29) is 17.4 Å². The summed E-state index contributed by atoms with van der Waals surface area (Å²) in [4.78, 5) is 24.8. The summed E-state index contributed by atoms with van der Waals surface area (Å²) in [5.74, 6) is 0.744. The van der Waals surface area contributed by atoms with Gasteiger partial charge >= 0.3 is 5.97 Å². The van der Waals surface area contributed by atoms with E-state index < -0.39 is 0 Å². The predicted molar refractivity (Wildman–Crippen MR) is 127 cm³/mol. The largest absolute Gasteiger partial charge is 0.462 e. The average molecular weight is 449 g/mol. The predicted octanol–water partition coefficient (Wildman–Crippen LogP) is 5.29. The lowest BCUT2D eigenvalue weighted by Crippen LogP contribution is -2.30. The van der Waals surface area contributed by atoms with E-state index in [4.69, 9.17) is 9.15 Å². The third-order valence-corrected chi connectivity index (χ3v) is 6.00. The lowest BCUT2D eigenvalue weighted by molar-refractivity contribution is -0.116. The molecule has 2 N–H and O–H groups in total. The number of furan rings is 1. The second-order valence-corrected chi connectivity index (χ2v) is 8.32. The van der Waals surface area contributed by atoms with Crippen molar-refractivity contribution < 1.29 is 18.7 Å². The van der Waals surface area contributed by atoms with E-state index in [2.05, 4.69) is 29.7 Å². The first-order chi connectivity index (χ1) is 15.6. The zero-order chi connectivity index (χ0) is 22.5. The number of anilines is 1. The van der Waals surface area contributed by atoms with E-state index >= 15 is 0 Å². The van der Waals surface area contributed by atoms with Crippen molar-refractivity contribution in [3.63, 3.8) is 0 Å². The highest BCUT2D eigenvalue weighted by Crippen LogP contribution is 2.32. The van der Waals surface area contributed by atoms with E-state index in [0.29, 0.717) is 28.6 Å². The molecular formula is C25H24N2O4S. The van der Waals surface area contributed by atoms with Crippen LogP contribution in [0.1, 0.15) is 35.5 Å². The Balaban J connectivity index is 1.42. The number of aryl methyl sites for hydroxylation is 1. The first-order valence-corrected chi connectivity index (χ1v) is 11.4. The monoisotopic (exact) mass is 448 g/mol. The number of benzene rings is 2. The molecule has 0 spiro atoms. The average Bonchev–Trinajstić information content (AvgIpc) is 3.41. The minimum absolute atomic E-state index is 0.144. The minimum Gasteiger partial charge on any atom is -0.462 e. The first kappa shape index (κ1) is 21.8. The molecule has 0 radical (unpaired) electrons. The fraction of sp³-hybridized carbons (Fsp3) is 0.200. The van der Waals surface area contributed by atoms with Crippen molar-refractivity contribution in [2.45, 2.75) is 25.8 Å². The van der Waals surface area contributed by atoms with E-state index in [1.54, 1.807) is 25.1 Å². The number of nitrogens with one attached hydrogen (secondary N) is 2. The molecule has 4 rings (SSSR count). The Morgan fingerprint density at radius 2 is 1.84 bits per heavy atom. The molecule has 2 heterocycles. The van der Waals surface area contributed by atoms with Crippen LogP contribution in [0.4, 0.5) is 5.69 Å². The number of ether oxygens (including phenoxy) is 1. The summed E-state index contributed by atoms with van der Waals surface area (Å²) < 4.78 is 10.9. The number of hydrogen-bond donors (Lipinski definition) is 2. The molecule has 1 atom stereocenters. The molecule has 164 valence electrons. The van der Waals surface area contributed by atoms with Crippen LogP contribution in [-0.2, 0) is 16.0 Å². The smallest absolute Gasteiger partial charge is 0.338 e. The highest BCUT2D eigenvalue weighted by Gasteiger charge is 2.27. The fourth-order valence-electron chi connectivity index (χ4n) is 3.25. The van der Waals surface area contributed by atoms with Gasteiger partial charge in [0.15, 0.2) is 5.50 Å². The molecule has 1 aromatic heterocycles. The Labute approximate surface area is 191 Å². The highest BCUT2D eigenvalue weighted by atomic mass is 32.2. The van der Waals surface area contributed by atoms with Crippen molar-refractivity contribution in [3.05, 3.63) is 82.5 Å². The van der Waals surface area contributed by atoms with Crippen LogP contribution in [0.25, 0.3) is 17.4 Å². The minimum atomic E-state index is -0.349. The van der Waals surface area contributed by atoms with Gasteiger partial charge in [-0.1, -0.05) is 43.0 Å². The standard InChI is InChI=1S/C25H24N2O4S/c1-3-16-5-11-19(12-6-16)26-25-27-23(28)22(32-25)15-20-13-14-21(31-20)17-7-9-18(10-8-17)24(29)30-4-2/h5-15,25-26H,3-4H2,1-2H3,(H,27,28)/b22-15-/t25-/m0/s1. The summed E-state index contributed by atoms with van der Waals surface area (Å²) in [5.41, 5.74) is 3.30. The van der Waals surface area contributed by atoms with Crippen molar-refractivity contribution >= 4 is 35.4 Å². The van der Waals surface area contributed by atoms with Gasteiger partial charge < -0.3 is 19.8 Å². The van der Waals surface area contributed by atoms with E-state index in [1.807, 2.05) is 36.4 Å². The Morgan fingerprint density at radius 3 is 2.53 bits per heavy atom. The Morgan fingerprint density at radius 1 is 1.09 bits per heavy atom. The number of esters is 1. The van der Waals surface area contributed by atoms with Crippen molar-refractivity contribution in [2.24, 2.45) is 0 Å². The molecule has 1 fully saturated rings. The van der Waals surface area contributed by atoms with Gasteiger partial charge in [0, 0.05) is 17.3 Å². The second kappa shape index (κ2) is 9.78. The maximum atomic E-state index is 12.4. The molecule has 3 aromatic rings. The summed E-state index contributed by atoms with van der Waals surface area (Å²) in [6, 6.07) is 18.9. The number of carbonyl (C=O) groups is 2. The molecule has 6 nitrogen and oxygen atoms in total. The van der Waals surface area contributed by atoms with Crippen molar-refractivity contribution in [1.29, 1.82) is 0 Å². The molecule has 1 aliphatic heterocycles. The SMILES string of the molecule is CCOC(=O)c1ccc(-c2ccc(/C=C3\S[C@@H](Nc4ccc(CC)cc4)NC3=O)o2)cc1. The van der Waals surface area contributed by atoms with Crippen LogP contribution in [0.15, 0.2) is 70.0 Å². The van der Waals surface area contributed by atoms with Crippen LogP contribution in [0, 0.1) is 0 Å². The molecule has 0 bridgehead atoms. The maximum absolute atomic E-state index is 12.4. The van der Waals surface area contributed by atoms with Crippen molar-refractivity contribution in [1.82, 2.24) is 5.32 Å². The first-order valence-electron chi connectivity index (χ1n) is 10.5. The summed E-state index contributed by atoms with van der Waals surface area (Å²) in [7, 11) is 0. The summed E-state index contributed by atoms with van der Waals surface area (Å²) in [5, 5.41) is 6.24. The fourth-order valence-corrected chi connectivity index (χ4v) is 4.22. The molecule has 0 saturated carbocycles. The number of carbonyl (C=O) groups excluding carboxylic acids is 2. The molecule has 1 amide bonds. The molecule has 1 aliphatic rings. The van der Waals surface area contributed by atoms with Gasteiger partial charge in [-0.15, -0.1) is 0 Å². The van der Waals surface area contributed by atoms with Gasteiger partial charge in [-0.05, 0) is 55.3 Å². The third-order valence-electron chi connectivity index (χ3n) is 4.97. The Kier molecular flexibility index (Phi) is 6.66. The number of amides is 1. The zero-order valence-corrected chi connectivity index (χ0v) is 18.7. The zero-order valence-electron chi connectivity index (χ0n) is 17.9. The molecule has 0 aliphatic carbocycles. The van der Waals surface area contributed by atoms with Gasteiger partial charge in [-0.2, -0.15) is 0 Å². The number of rotatable bonds is 7. The van der Waals surface area contributed by atoms with Gasteiger partial charge in [0.1, 0.15) is 11.5 Å². The van der Waals surface area contributed by atoms with Crippen molar-refractivity contribution in [2.75, 3.05) is 11.9 Å². The van der Waals surface area contributed by atoms with E-state index in [9.17, 15) is 9.59 Å². The lowest BCUT2D eigenvalue weighted by Gasteiger charge is -2.12. The van der Waals surface area contributed by atoms with Crippen molar-refractivity contribution in [3.8, 4) is 11.3 Å². The topological polar surface area (TPSA) is 80.6 Å². The van der Waals surface area contributed by atoms with Crippen LogP contribution in [0.5, 0.6) is 0 Å². The van der Waals surface area contributed by atoms with Crippen LogP contribution in [0.3, 0.4) is 0 Å². The molecule has 1 saturated heterocycles. The van der Waals surface area contributed by atoms with Gasteiger partial charge in [-0.3, -0.25) is 4.79 Å². The van der Waals surface area contributed by atoms with Crippen LogP contribution in [0.2, 0.25) is 0 Å². The molecule has 7 heteroatoms. The highest BCUT2D eigenvalue weighted by molar-refractivity contribution is 8.05. The summed E-state index contributed by atoms with van der Waals surface area (Å²) in [6.45, 7) is 4.23. The van der Waals surface area contributed by atoms with E-state index in [0.717, 1.165) is 17.7 Å². The van der Waals surface area contributed by atoms with Crippen LogP contribution >= 0.6 is 11.8 Å². The van der Waals surface area contributed by atoms with Crippen LogP contribution < -0.4 is 10.6 Å². The molecule has 32 heavy (non-hydrogen) atoms. The third kappa shape index (κ3) is 5.06.